The Balaban J connectivity index is 1.19. The van der Waals surface area contributed by atoms with Crippen molar-refractivity contribution in [2.75, 3.05) is 19.6 Å². The molecular weight excluding hydrogens is 410 g/mol. The van der Waals surface area contributed by atoms with Crippen LogP contribution in [0.15, 0.2) is 72.9 Å². The number of nitrogens with one attached hydrogen (secondary N) is 1. The van der Waals surface area contributed by atoms with E-state index in [9.17, 15) is 9.59 Å². The lowest BCUT2D eigenvalue weighted by molar-refractivity contribution is -0.138. The first-order chi connectivity index (χ1) is 16.2. The van der Waals surface area contributed by atoms with Crippen molar-refractivity contribution >= 4 is 22.7 Å². The molecule has 2 amide bonds. The summed E-state index contributed by atoms with van der Waals surface area (Å²) in [5, 5.41) is 1.12. The molecule has 3 aromatic rings. The number of fused-ring (bicyclic) bond motifs is 1. The van der Waals surface area contributed by atoms with Crippen LogP contribution in [0.1, 0.15) is 30.4 Å². The van der Waals surface area contributed by atoms with Crippen molar-refractivity contribution in [3.05, 3.63) is 84.1 Å². The van der Waals surface area contributed by atoms with Crippen molar-refractivity contribution in [2.24, 2.45) is 11.8 Å². The zero-order chi connectivity index (χ0) is 22.6. The Morgan fingerprint density at radius 1 is 0.970 bits per heavy atom. The van der Waals surface area contributed by atoms with Gasteiger partial charge in [-0.1, -0.05) is 60.7 Å². The zero-order valence-corrected chi connectivity index (χ0v) is 19.0. The number of H-pyrrole nitrogens is 1. The second-order valence-electron chi connectivity index (χ2n) is 9.27. The van der Waals surface area contributed by atoms with Gasteiger partial charge in [0.1, 0.15) is 0 Å². The number of benzene rings is 2. The molecule has 2 aromatic carbocycles. The lowest BCUT2D eigenvalue weighted by Crippen LogP contribution is -2.44. The number of likely N-dealkylation sites (tertiary alicyclic amines) is 1. The summed E-state index contributed by atoms with van der Waals surface area (Å²) in [6, 6.07) is 18.3. The number of carbonyl (C=O) groups excluding carboxylic acids is 2. The molecule has 1 N–H and O–H groups in total. The number of amides is 2. The summed E-state index contributed by atoms with van der Waals surface area (Å²) in [6.45, 7) is 2.80. The summed E-state index contributed by atoms with van der Waals surface area (Å²) in [4.78, 5) is 33.6. The second-order valence-corrected chi connectivity index (χ2v) is 9.27. The Kier molecular flexibility index (Phi) is 6.29. The maximum absolute atomic E-state index is 13.4. The Bertz CT molecular complexity index is 1140. The van der Waals surface area contributed by atoms with Crippen molar-refractivity contribution in [1.82, 2.24) is 14.8 Å². The van der Waals surface area contributed by atoms with Crippen LogP contribution in [-0.2, 0) is 22.6 Å². The normalized spacial score (nSPS) is 19.8. The number of hydrogen-bond acceptors (Lipinski definition) is 2. The quantitative estimate of drug-likeness (QED) is 0.591. The van der Waals surface area contributed by atoms with Gasteiger partial charge in [0.15, 0.2) is 0 Å². The van der Waals surface area contributed by atoms with Gasteiger partial charge in [-0.05, 0) is 42.4 Å². The maximum Gasteiger partial charge on any atom is 0.227 e. The van der Waals surface area contributed by atoms with Gasteiger partial charge in [0, 0.05) is 49.2 Å². The molecule has 1 fully saturated rings. The minimum atomic E-state index is 0.0123. The van der Waals surface area contributed by atoms with E-state index in [2.05, 4.69) is 35.3 Å². The van der Waals surface area contributed by atoms with Gasteiger partial charge >= 0.3 is 0 Å². The Morgan fingerprint density at radius 2 is 1.73 bits per heavy atom. The number of rotatable bonds is 5. The van der Waals surface area contributed by atoms with Gasteiger partial charge in [0.05, 0.1) is 6.42 Å². The molecule has 1 atom stereocenters. The van der Waals surface area contributed by atoms with Crippen molar-refractivity contribution in [2.45, 2.75) is 32.2 Å². The van der Waals surface area contributed by atoms with Crippen LogP contribution in [0.4, 0.5) is 0 Å². The molecule has 170 valence electrons. The molecule has 0 saturated carbocycles. The van der Waals surface area contributed by atoms with E-state index in [1.807, 2.05) is 52.4 Å². The largest absolute Gasteiger partial charge is 0.361 e. The van der Waals surface area contributed by atoms with Crippen molar-refractivity contribution in [3.63, 3.8) is 0 Å². The van der Waals surface area contributed by atoms with E-state index in [0.29, 0.717) is 25.4 Å². The number of para-hydroxylation sites is 1. The lowest BCUT2D eigenvalue weighted by Gasteiger charge is -2.36. The molecule has 0 spiro atoms. The Hall–Kier alpha value is -3.34. The first kappa shape index (κ1) is 21.5. The molecular formula is C28H31N3O2. The Labute approximate surface area is 195 Å². The van der Waals surface area contributed by atoms with Gasteiger partial charge in [-0.3, -0.25) is 9.59 Å². The van der Waals surface area contributed by atoms with Gasteiger partial charge in [-0.25, -0.2) is 0 Å². The molecule has 2 aliphatic rings. The van der Waals surface area contributed by atoms with Crippen LogP contribution >= 0.6 is 0 Å². The van der Waals surface area contributed by atoms with Crippen LogP contribution in [-0.4, -0.2) is 46.2 Å². The van der Waals surface area contributed by atoms with Crippen LogP contribution in [0.5, 0.6) is 0 Å². The summed E-state index contributed by atoms with van der Waals surface area (Å²) in [6.07, 6.45) is 9.25. The predicted octanol–water partition coefficient (Wildman–Crippen LogP) is 4.55. The summed E-state index contributed by atoms with van der Waals surface area (Å²) >= 11 is 0. The van der Waals surface area contributed by atoms with Gasteiger partial charge in [-0.2, -0.15) is 0 Å². The number of aromatic nitrogens is 1. The molecule has 0 aliphatic carbocycles. The number of aromatic amines is 1. The minimum Gasteiger partial charge on any atom is -0.361 e. The third-order valence-corrected chi connectivity index (χ3v) is 7.21. The number of nitrogens with zero attached hydrogens (tertiary/aromatic N) is 2. The summed E-state index contributed by atoms with van der Waals surface area (Å²) in [5.74, 6) is 0.775. The average Bonchev–Trinajstić information content (AvgIpc) is 3.17. The van der Waals surface area contributed by atoms with E-state index in [1.54, 1.807) is 0 Å². The number of hydrogen-bond donors (Lipinski definition) is 1. The average molecular weight is 442 g/mol. The third-order valence-electron chi connectivity index (χ3n) is 7.21. The number of carbonyl (C=O) groups is 2. The van der Waals surface area contributed by atoms with E-state index < -0.39 is 0 Å². The highest BCUT2D eigenvalue weighted by Gasteiger charge is 2.35. The van der Waals surface area contributed by atoms with Crippen LogP contribution in [0, 0.1) is 11.8 Å². The van der Waals surface area contributed by atoms with E-state index in [4.69, 9.17) is 0 Å². The molecule has 5 nitrogen and oxygen atoms in total. The molecule has 0 unspecified atom stereocenters. The van der Waals surface area contributed by atoms with Crippen LogP contribution in [0.2, 0.25) is 0 Å². The molecule has 33 heavy (non-hydrogen) atoms. The van der Waals surface area contributed by atoms with Gasteiger partial charge in [0.25, 0.3) is 0 Å². The van der Waals surface area contributed by atoms with E-state index >= 15 is 0 Å². The first-order valence-electron chi connectivity index (χ1n) is 12.0. The zero-order valence-electron chi connectivity index (χ0n) is 19.0. The third kappa shape index (κ3) is 4.72. The van der Waals surface area contributed by atoms with Gasteiger partial charge in [-0.15, -0.1) is 0 Å². The molecule has 3 heterocycles. The van der Waals surface area contributed by atoms with Crippen LogP contribution in [0.25, 0.3) is 10.9 Å². The van der Waals surface area contributed by atoms with Crippen molar-refractivity contribution in [3.8, 4) is 0 Å². The molecule has 0 bridgehead atoms. The maximum atomic E-state index is 13.4. The highest BCUT2D eigenvalue weighted by Crippen LogP contribution is 2.31. The highest BCUT2D eigenvalue weighted by molar-refractivity contribution is 5.89. The summed E-state index contributed by atoms with van der Waals surface area (Å²) in [7, 11) is 0. The van der Waals surface area contributed by atoms with Crippen molar-refractivity contribution in [1.29, 1.82) is 0 Å². The summed E-state index contributed by atoms with van der Waals surface area (Å²) in [5.41, 5.74) is 3.29. The van der Waals surface area contributed by atoms with E-state index in [-0.39, 0.29) is 17.7 Å². The smallest absolute Gasteiger partial charge is 0.227 e. The SMILES string of the molecule is O=C(Cc1c[nH]c2ccccc12)N1CCC([C@@H]2CC=CCN(Cc3ccccc3)C2=O)CC1. The highest BCUT2D eigenvalue weighted by atomic mass is 16.2. The molecule has 5 rings (SSSR count). The number of piperidine rings is 1. The molecule has 5 heteroatoms. The standard InChI is InChI=1S/C28H31N3O2/c32-27(18-23-19-29-26-12-5-4-10-24(23)26)30-16-13-22(14-17-30)25-11-6-7-15-31(28(25)33)20-21-8-2-1-3-9-21/h1-10,12,19,22,25,29H,11,13-18,20H2/t25-/m0/s1. The molecule has 2 aliphatic heterocycles. The van der Waals surface area contributed by atoms with Gasteiger partial charge in [0.2, 0.25) is 11.8 Å². The van der Waals surface area contributed by atoms with Crippen LogP contribution < -0.4 is 0 Å². The number of allylic oxidation sites excluding steroid dienone is 1. The topological polar surface area (TPSA) is 56.4 Å². The fourth-order valence-electron chi connectivity index (χ4n) is 5.31. The lowest BCUT2D eigenvalue weighted by atomic mass is 9.81. The minimum absolute atomic E-state index is 0.0123. The van der Waals surface area contributed by atoms with Crippen molar-refractivity contribution < 1.29 is 9.59 Å². The molecule has 0 radical (unpaired) electrons. The van der Waals surface area contributed by atoms with Gasteiger partial charge < -0.3 is 14.8 Å². The first-order valence-corrected chi connectivity index (χ1v) is 12.0. The van der Waals surface area contributed by atoms with E-state index in [1.165, 1.54) is 0 Å². The fourth-order valence-corrected chi connectivity index (χ4v) is 5.31. The molecule has 1 saturated heterocycles. The monoisotopic (exact) mass is 441 g/mol. The molecule has 1 aromatic heterocycles. The predicted molar refractivity (Wildman–Crippen MR) is 130 cm³/mol. The fraction of sp³-hybridized carbons (Fsp3) is 0.357. The van der Waals surface area contributed by atoms with E-state index in [0.717, 1.165) is 54.4 Å². The summed E-state index contributed by atoms with van der Waals surface area (Å²) < 4.78 is 0. The second kappa shape index (κ2) is 9.65. The van der Waals surface area contributed by atoms with Crippen LogP contribution in [0.3, 0.4) is 0 Å². The Morgan fingerprint density at radius 3 is 2.55 bits per heavy atom.